The van der Waals surface area contributed by atoms with Crippen LogP contribution in [0.25, 0.3) is 0 Å². The van der Waals surface area contributed by atoms with Crippen LogP contribution in [0.5, 0.6) is 0 Å². The summed E-state index contributed by atoms with van der Waals surface area (Å²) < 4.78 is 5.05. The second-order valence-corrected chi connectivity index (χ2v) is 12.0. The van der Waals surface area contributed by atoms with E-state index < -0.39 is 46.0 Å². The average Bonchev–Trinajstić information content (AvgIpc) is 3.48. The summed E-state index contributed by atoms with van der Waals surface area (Å²) in [5, 5.41) is 12.6. The van der Waals surface area contributed by atoms with Crippen LogP contribution in [0.4, 0.5) is 5.69 Å². The maximum Gasteiger partial charge on any atom is 0.329 e. The highest BCUT2D eigenvalue weighted by molar-refractivity contribution is 8.01. The van der Waals surface area contributed by atoms with Crippen molar-refractivity contribution in [2.75, 3.05) is 18.0 Å². The van der Waals surface area contributed by atoms with Gasteiger partial charge < -0.3 is 14.7 Å². The van der Waals surface area contributed by atoms with Gasteiger partial charge in [-0.3, -0.25) is 24.6 Å². The molecule has 0 saturated carbocycles. The van der Waals surface area contributed by atoms with Crippen molar-refractivity contribution in [3.05, 3.63) is 102 Å². The summed E-state index contributed by atoms with van der Waals surface area (Å²) in [5.41, 5.74) is 2.27. The van der Waals surface area contributed by atoms with E-state index in [9.17, 15) is 24.3 Å². The number of imide groups is 1. The van der Waals surface area contributed by atoms with Crippen molar-refractivity contribution < 1.29 is 29.0 Å². The molecule has 3 atom stereocenters. The van der Waals surface area contributed by atoms with Crippen LogP contribution in [0.15, 0.2) is 84.9 Å². The maximum absolute atomic E-state index is 13.6. The third-order valence-corrected chi connectivity index (χ3v) is 9.81. The molecule has 2 N–H and O–H groups in total. The van der Waals surface area contributed by atoms with Crippen molar-refractivity contribution in [3.8, 4) is 0 Å². The minimum atomic E-state index is -1.51. The van der Waals surface area contributed by atoms with E-state index in [4.69, 9.17) is 4.74 Å². The Hall–Kier alpha value is -4.15. The lowest BCUT2D eigenvalue weighted by Gasteiger charge is -2.42. The fourth-order valence-electron chi connectivity index (χ4n) is 5.95. The van der Waals surface area contributed by atoms with E-state index in [1.54, 1.807) is 12.1 Å². The number of carboxylic acids is 1. The first-order chi connectivity index (χ1) is 19.9. The van der Waals surface area contributed by atoms with Crippen molar-refractivity contribution in [2.45, 2.75) is 41.7 Å². The number of ether oxygens (including phenoxy) is 1. The zero-order chi connectivity index (χ0) is 28.6. The van der Waals surface area contributed by atoms with Crippen LogP contribution in [0.3, 0.4) is 0 Å². The second kappa shape index (κ2) is 11.0. The largest absolute Gasteiger partial charge is 0.480 e. The molecule has 1 spiro atoms. The predicted molar refractivity (Wildman–Crippen MR) is 154 cm³/mol. The lowest BCUT2D eigenvalue weighted by molar-refractivity contribution is -0.149. The molecule has 0 aromatic heterocycles. The van der Waals surface area contributed by atoms with Gasteiger partial charge in [-0.25, -0.2) is 4.79 Å². The van der Waals surface area contributed by atoms with Gasteiger partial charge in [0.15, 0.2) is 6.04 Å². The molecule has 2 saturated heterocycles. The van der Waals surface area contributed by atoms with Crippen molar-refractivity contribution in [2.24, 2.45) is 0 Å². The number of nitrogens with zero attached hydrogens (tertiary/aromatic N) is 2. The van der Waals surface area contributed by atoms with E-state index >= 15 is 0 Å². The molecule has 6 rings (SSSR count). The lowest BCUT2D eigenvalue weighted by atomic mass is 9.87. The Morgan fingerprint density at radius 2 is 1.46 bits per heavy atom. The molecule has 3 aromatic rings. The van der Waals surface area contributed by atoms with Crippen LogP contribution in [-0.4, -0.2) is 69.1 Å². The van der Waals surface area contributed by atoms with E-state index in [1.807, 2.05) is 60.7 Å². The molecule has 2 amide bonds. The number of carboxylic acid groups (broad SMARTS) is 1. The first kappa shape index (κ1) is 27.0. The molecule has 0 radical (unpaired) electrons. The van der Waals surface area contributed by atoms with Gasteiger partial charge in [-0.2, -0.15) is 0 Å². The van der Waals surface area contributed by atoms with Gasteiger partial charge >= 0.3 is 11.9 Å². The number of benzene rings is 3. The minimum absolute atomic E-state index is 0.0835. The van der Waals surface area contributed by atoms with Crippen LogP contribution in [-0.2, 0) is 20.9 Å². The first-order valence-corrected chi connectivity index (χ1v) is 14.4. The number of carbonyl (C=O) groups excluding carboxylic acids is 3. The van der Waals surface area contributed by atoms with E-state index in [0.717, 1.165) is 16.2 Å². The molecule has 9 nitrogen and oxygen atoms in total. The summed E-state index contributed by atoms with van der Waals surface area (Å²) in [6.45, 7) is 1.39. The summed E-state index contributed by atoms with van der Waals surface area (Å²) in [6.07, 6.45) is 1.16. The van der Waals surface area contributed by atoms with Gasteiger partial charge in [-0.05, 0) is 42.7 Å². The number of carbonyl (C=O) groups is 4. The molecule has 3 aliphatic rings. The topological polar surface area (TPSA) is 116 Å². The number of thioether (sulfide) groups is 1. The third-order valence-electron chi connectivity index (χ3n) is 8.05. The quantitative estimate of drug-likeness (QED) is 0.324. The Balaban J connectivity index is 1.28. The third kappa shape index (κ3) is 4.98. The molecule has 3 aromatic carbocycles. The number of anilines is 1. The normalized spacial score (nSPS) is 22.0. The highest BCUT2D eigenvalue weighted by Gasteiger charge is 2.58. The van der Waals surface area contributed by atoms with Gasteiger partial charge in [-0.15, -0.1) is 11.8 Å². The number of amides is 2. The summed E-state index contributed by atoms with van der Waals surface area (Å²) in [7, 11) is 0. The SMILES string of the molecule is O=C(O)C(C1NC(C(=O)OCc2ccccc2)C2(CCN(c3ccccc3)CC2)S1)N1C(=O)c2ccccc2C1=O. The Morgan fingerprint density at radius 3 is 2.05 bits per heavy atom. The number of rotatable bonds is 7. The minimum Gasteiger partial charge on any atom is -0.480 e. The number of piperidine rings is 1. The van der Waals surface area contributed by atoms with Gasteiger partial charge in [0, 0.05) is 23.5 Å². The lowest BCUT2D eigenvalue weighted by Crippen LogP contribution is -2.57. The molecule has 10 heteroatoms. The Labute approximate surface area is 241 Å². The summed E-state index contributed by atoms with van der Waals surface area (Å²) in [6, 6.07) is 23.3. The monoisotopic (exact) mass is 571 g/mol. The van der Waals surface area contributed by atoms with Crippen molar-refractivity contribution >= 4 is 41.2 Å². The Bertz CT molecular complexity index is 1440. The molecule has 3 aliphatic heterocycles. The summed E-state index contributed by atoms with van der Waals surface area (Å²) in [4.78, 5) is 55.9. The van der Waals surface area contributed by atoms with Crippen LogP contribution in [0.2, 0.25) is 0 Å². The summed E-state index contributed by atoms with van der Waals surface area (Å²) >= 11 is 1.33. The van der Waals surface area contributed by atoms with Crippen molar-refractivity contribution in [3.63, 3.8) is 0 Å². The Kier molecular flexibility index (Phi) is 7.27. The second-order valence-electron chi connectivity index (χ2n) is 10.4. The van der Waals surface area contributed by atoms with E-state index in [0.29, 0.717) is 25.9 Å². The zero-order valence-corrected chi connectivity index (χ0v) is 23.0. The van der Waals surface area contributed by atoms with Gasteiger partial charge in [-0.1, -0.05) is 60.7 Å². The van der Waals surface area contributed by atoms with Gasteiger partial charge in [0.1, 0.15) is 12.6 Å². The number of hydrogen-bond donors (Lipinski definition) is 2. The number of hydrogen-bond acceptors (Lipinski definition) is 8. The van der Waals surface area contributed by atoms with Crippen LogP contribution in [0.1, 0.15) is 39.1 Å². The smallest absolute Gasteiger partial charge is 0.329 e. The zero-order valence-electron chi connectivity index (χ0n) is 22.1. The number of nitrogens with one attached hydrogen (secondary N) is 1. The van der Waals surface area contributed by atoms with E-state index in [2.05, 4.69) is 10.2 Å². The molecule has 0 bridgehead atoms. The fraction of sp³-hybridized carbons (Fsp3) is 0.290. The van der Waals surface area contributed by atoms with Crippen molar-refractivity contribution in [1.82, 2.24) is 10.2 Å². The number of para-hydroxylation sites is 1. The molecular weight excluding hydrogens is 542 g/mol. The summed E-state index contributed by atoms with van der Waals surface area (Å²) in [5.74, 6) is -3.10. The number of esters is 1. The molecular formula is C31H29N3O6S. The van der Waals surface area contributed by atoms with Gasteiger partial charge in [0.25, 0.3) is 11.8 Å². The number of aliphatic carboxylic acids is 1. The predicted octanol–water partition coefficient (Wildman–Crippen LogP) is 3.55. The fourth-order valence-corrected chi connectivity index (χ4v) is 7.74. The molecule has 3 unspecified atom stereocenters. The molecule has 210 valence electrons. The first-order valence-electron chi connectivity index (χ1n) is 13.5. The highest BCUT2D eigenvalue weighted by Crippen LogP contribution is 2.49. The van der Waals surface area contributed by atoms with E-state index in [1.165, 1.54) is 23.9 Å². The molecule has 2 fully saturated rings. The Morgan fingerprint density at radius 1 is 0.902 bits per heavy atom. The average molecular weight is 572 g/mol. The molecule has 3 heterocycles. The maximum atomic E-state index is 13.6. The van der Waals surface area contributed by atoms with Gasteiger partial charge in [0.2, 0.25) is 0 Å². The highest BCUT2D eigenvalue weighted by atomic mass is 32.2. The number of fused-ring (bicyclic) bond motifs is 1. The van der Waals surface area contributed by atoms with Crippen LogP contribution in [0, 0.1) is 0 Å². The molecule has 0 aliphatic carbocycles. The molecule has 41 heavy (non-hydrogen) atoms. The van der Waals surface area contributed by atoms with Crippen molar-refractivity contribution in [1.29, 1.82) is 0 Å². The van der Waals surface area contributed by atoms with Gasteiger partial charge in [0.05, 0.1) is 16.5 Å². The standard InChI is InChI=1S/C31H29N3O6S/c35-27-22-13-7-8-14-23(22)28(36)34(27)24(29(37)38)26-32-25(30(39)40-19-20-9-3-1-4-10-20)31(41-26)15-17-33(18-16-31)21-11-5-2-6-12-21/h1-14,24-26,32H,15-19H2,(H,37,38). The van der Waals surface area contributed by atoms with Crippen LogP contribution >= 0.6 is 11.8 Å². The van der Waals surface area contributed by atoms with E-state index in [-0.39, 0.29) is 17.7 Å². The van der Waals surface area contributed by atoms with Crippen LogP contribution < -0.4 is 10.2 Å².